The van der Waals surface area contributed by atoms with Crippen molar-refractivity contribution < 1.29 is 14.3 Å². The monoisotopic (exact) mass is 432 g/mol. The van der Waals surface area contributed by atoms with E-state index in [0.717, 1.165) is 25.7 Å². The number of rotatable bonds is 7. The van der Waals surface area contributed by atoms with Gasteiger partial charge in [0.1, 0.15) is 5.92 Å². The van der Waals surface area contributed by atoms with Crippen molar-refractivity contribution in [2.24, 2.45) is 11.8 Å². The van der Waals surface area contributed by atoms with Gasteiger partial charge >= 0.3 is 5.97 Å². The van der Waals surface area contributed by atoms with Crippen molar-refractivity contribution in [3.8, 4) is 0 Å². The molecule has 0 aromatic heterocycles. The molecule has 0 heterocycles. The molecule has 3 rings (SSSR count). The average Bonchev–Trinajstić information content (AvgIpc) is 2.74. The molecule has 1 aliphatic rings. The number of ketones is 1. The van der Waals surface area contributed by atoms with Crippen LogP contribution in [0, 0.1) is 11.8 Å². The minimum absolute atomic E-state index is 0.0500. The van der Waals surface area contributed by atoms with Crippen molar-refractivity contribution in [2.45, 2.75) is 44.9 Å². The van der Waals surface area contributed by atoms with Crippen LogP contribution >= 0.6 is 23.2 Å². The normalized spacial score (nSPS) is 20.1. The lowest BCUT2D eigenvalue weighted by Gasteiger charge is -2.30. The lowest BCUT2D eigenvalue weighted by molar-refractivity contribution is -0.152. The summed E-state index contributed by atoms with van der Waals surface area (Å²) in [5.41, 5.74) is 1.95. The van der Waals surface area contributed by atoms with Gasteiger partial charge in [-0.25, -0.2) is 0 Å². The Labute approximate surface area is 182 Å². The molecule has 1 saturated carbocycles. The number of hydrogen-bond donors (Lipinski definition) is 0. The van der Waals surface area contributed by atoms with Crippen LogP contribution in [0.1, 0.15) is 49.7 Å². The van der Waals surface area contributed by atoms with E-state index in [1.165, 1.54) is 5.56 Å². The van der Waals surface area contributed by atoms with Crippen LogP contribution < -0.4 is 0 Å². The fraction of sp³-hybridized carbons (Fsp3) is 0.417. The highest BCUT2D eigenvalue weighted by molar-refractivity contribution is 6.36. The predicted octanol–water partition coefficient (Wildman–Crippen LogP) is 6.26. The van der Waals surface area contributed by atoms with Gasteiger partial charge in [-0.05, 0) is 68.2 Å². The van der Waals surface area contributed by atoms with Gasteiger partial charge in [0.15, 0.2) is 5.78 Å². The van der Waals surface area contributed by atoms with Crippen LogP contribution in [0.15, 0.2) is 48.5 Å². The summed E-state index contributed by atoms with van der Waals surface area (Å²) in [5, 5.41) is 0.930. The molecule has 1 unspecified atom stereocenters. The van der Waals surface area contributed by atoms with Crippen molar-refractivity contribution >= 4 is 35.0 Å². The second kappa shape index (κ2) is 10.3. The maximum Gasteiger partial charge on any atom is 0.316 e. The second-order valence-electron chi connectivity index (χ2n) is 7.57. The van der Waals surface area contributed by atoms with E-state index in [9.17, 15) is 9.59 Å². The Morgan fingerprint density at radius 1 is 0.966 bits per heavy atom. The molecule has 29 heavy (non-hydrogen) atoms. The Bertz CT molecular complexity index is 822. The molecule has 0 aliphatic heterocycles. The highest BCUT2D eigenvalue weighted by atomic mass is 35.5. The average molecular weight is 433 g/mol. The van der Waals surface area contributed by atoms with Gasteiger partial charge in [-0.15, -0.1) is 0 Å². The third-order valence-corrected chi connectivity index (χ3v) is 6.49. The summed E-state index contributed by atoms with van der Waals surface area (Å²) in [4.78, 5) is 25.9. The van der Waals surface area contributed by atoms with Gasteiger partial charge in [0.2, 0.25) is 0 Å². The van der Waals surface area contributed by atoms with Gasteiger partial charge in [-0.3, -0.25) is 9.59 Å². The van der Waals surface area contributed by atoms with E-state index in [0.29, 0.717) is 21.5 Å². The smallest absolute Gasteiger partial charge is 0.316 e. The molecular weight excluding hydrogens is 407 g/mol. The zero-order valence-corrected chi connectivity index (χ0v) is 18.1. The number of carbonyl (C=O) groups excluding carboxylic acids is 2. The number of ether oxygens (including phenoxy) is 1. The Balaban J connectivity index is 1.73. The van der Waals surface area contributed by atoms with Crippen LogP contribution in [-0.4, -0.2) is 18.4 Å². The quantitative estimate of drug-likeness (QED) is 0.383. The van der Waals surface area contributed by atoms with Crippen molar-refractivity contribution in [1.29, 1.82) is 0 Å². The molecule has 0 N–H and O–H groups in total. The number of hydrogen-bond acceptors (Lipinski definition) is 3. The topological polar surface area (TPSA) is 43.4 Å². The van der Waals surface area contributed by atoms with Gasteiger partial charge in [-0.1, -0.05) is 59.6 Å². The van der Waals surface area contributed by atoms with Crippen LogP contribution in [0.3, 0.4) is 0 Å². The first-order valence-corrected chi connectivity index (χ1v) is 10.9. The van der Waals surface area contributed by atoms with Crippen LogP contribution in [-0.2, 0) is 20.7 Å². The SMILES string of the molecule is CCOC(=O)C(Cc1c(Cl)cccc1Cl)C(=O)C1CCC(c2ccccc2)CC1. The summed E-state index contributed by atoms with van der Waals surface area (Å²) >= 11 is 12.6. The molecule has 0 spiro atoms. The van der Waals surface area contributed by atoms with Crippen molar-refractivity contribution in [3.63, 3.8) is 0 Å². The highest BCUT2D eigenvalue weighted by Gasteiger charge is 2.36. The Hall–Kier alpha value is -1.84. The standard InChI is InChI=1S/C24H26Cl2O3/c1-2-29-24(28)20(15-19-21(25)9-6-10-22(19)26)23(27)18-13-11-17(12-14-18)16-7-4-3-5-8-16/h3-10,17-18,20H,2,11-15H2,1H3. The lowest BCUT2D eigenvalue weighted by Crippen LogP contribution is -2.34. The van der Waals surface area contributed by atoms with Gasteiger partial charge < -0.3 is 4.74 Å². The summed E-state index contributed by atoms with van der Waals surface area (Å²) in [6, 6.07) is 15.6. The first kappa shape index (κ1) is 21.9. The third-order valence-electron chi connectivity index (χ3n) is 5.79. The summed E-state index contributed by atoms with van der Waals surface area (Å²) < 4.78 is 5.21. The summed E-state index contributed by atoms with van der Waals surface area (Å²) in [6.45, 7) is 1.98. The molecular formula is C24H26Cl2O3. The van der Waals surface area contributed by atoms with E-state index in [4.69, 9.17) is 27.9 Å². The van der Waals surface area contributed by atoms with Crippen LogP contribution in [0.25, 0.3) is 0 Å². The predicted molar refractivity (Wildman–Crippen MR) is 116 cm³/mol. The fourth-order valence-electron chi connectivity index (χ4n) is 4.20. The number of halogens is 2. The number of Topliss-reactive ketones (excluding diaryl/α,β-unsaturated/α-hetero) is 1. The molecule has 0 saturated heterocycles. The third kappa shape index (κ3) is 5.40. The van der Waals surface area contributed by atoms with E-state index in [2.05, 4.69) is 24.3 Å². The molecule has 154 valence electrons. The van der Waals surface area contributed by atoms with Crippen LogP contribution in [0.5, 0.6) is 0 Å². The fourth-order valence-corrected chi connectivity index (χ4v) is 4.75. The number of benzene rings is 2. The van der Waals surface area contributed by atoms with Gasteiger partial charge in [0, 0.05) is 16.0 Å². The molecule has 0 radical (unpaired) electrons. The molecule has 2 aromatic carbocycles. The molecule has 0 amide bonds. The van der Waals surface area contributed by atoms with Crippen molar-refractivity contribution in [1.82, 2.24) is 0 Å². The molecule has 2 aromatic rings. The van der Waals surface area contributed by atoms with Gasteiger partial charge in [0.25, 0.3) is 0 Å². The highest BCUT2D eigenvalue weighted by Crippen LogP contribution is 2.38. The molecule has 1 aliphatic carbocycles. The summed E-state index contributed by atoms with van der Waals surface area (Å²) in [5.74, 6) is -1.07. The Kier molecular flexibility index (Phi) is 7.74. The van der Waals surface area contributed by atoms with Crippen LogP contribution in [0.2, 0.25) is 10.0 Å². The van der Waals surface area contributed by atoms with E-state index < -0.39 is 11.9 Å². The Morgan fingerprint density at radius 2 is 1.59 bits per heavy atom. The molecule has 3 nitrogen and oxygen atoms in total. The van der Waals surface area contributed by atoms with Crippen LogP contribution in [0.4, 0.5) is 0 Å². The number of carbonyl (C=O) groups is 2. The zero-order valence-electron chi connectivity index (χ0n) is 16.6. The summed E-state index contributed by atoms with van der Waals surface area (Å²) in [6.07, 6.45) is 3.63. The molecule has 0 bridgehead atoms. The van der Waals surface area contributed by atoms with Gasteiger partial charge in [0.05, 0.1) is 6.61 Å². The minimum Gasteiger partial charge on any atom is -0.465 e. The first-order chi connectivity index (χ1) is 14.0. The zero-order chi connectivity index (χ0) is 20.8. The van der Waals surface area contributed by atoms with Crippen molar-refractivity contribution in [2.75, 3.05) is 6.61 Å². The lowest BCUT2D eigenvalue weighted by atomic mass is 9.74. The largest absolute Gasteiger partial charge is 0.465 e. The second-order valence-corrected chi connectivity index (χ2v) is 8.38. The minimum atomic E-state index is -0.870. The maximum atomic E-state index is 13.3. The first-order valence-electron chi connectivity index (χ1n) is 10.2. The van der Waals surface area contributed by atoms with E-state index in [-0.39, 0.29) is 24.7 Å². The summed E-state index contributed by atoms with van der Waals surface area (Å²) in [7, 11) is 0. The molecule has 1 fully saturated rings. The van der Waals surface area contributed by atoms with E-state index in [1.54, 1.807) is 25.1 Å². The molecule has 5 heteroatoms. The van der Waals surface area contributed by atoms with E-state index >= 15 is 0 Å². The maximum absolute atomic E-state index is 13.3. The number of esters is 1. The Morgan fingerprint density at radius 3 is 2.17 bits per heavy atom. The molecule has 1 atom stereocenters. The van der Waals surface area contributed by atoms with Crippen molar-refractivity contribution in [3.05, 3.63) is 69.7 Å². The van der Waals surface area contributed by atoms with E-state index in [1.807, 2.05) is 6.07 Å². The van der Waals surface area contributed by atoms with Gasteiger partial charge in [-0.2, -0.15) is 0 Å².